The Morgan fingerprint density at radius 1 is 1.06 bits per heavy atom. The lowest BCUT2D eigenvalue weighted by Gasteiger charge is -2.08. The van der Waals surface area contributed by atoms with Gasteiger partial charge in [0.15, 0.2) is 0 Å². The second-order valence-corrected chi connectivity index (χ2v) is 4.55. The first kappa shape index (κ1) is 11.2. The minimum absolute atomic E-state index is 0.529. The predicted octanol–water partition coefficient (Wildman–Crippen LogP) is 3.16. The quantitative estimate of drug-likeness (QED) is 0.828. The zero-order valence-corrected chi connectivity index (χ0v) is 10.4. The van der Waals surface area contributed by atoms with Crippen LogP contribution in [0, 0.1) is 0 Å². The molecule has 0 saturated heterocycles. The van der Waals surface area contributed by atoms with E-state index in [0.717, 1.165) is 26.9 Å². The molecule has 2 rings (SSSR count). The average Bonchev–Trinajstić information content (AvgIpc) is 2.30. The van der Waals surface area contributed by atoms with Crippen LogP contribution in [0.4, 0.5) is 5.69 Å². The molecule has 16 heavy (non-hydrogen) atoms. The summed E-state index contributed by atoms with van der Waals surface area (Å²) in [6.07, 6.45) is 0. The Morgan fingerprint density at radius 2 is 1.88 bits per heavy atom. The zero-order valence-electron chi connectivity index (χ0n) is 8.78. The van der Waals surface area contributed by atoms with Crippen LogP contribution in [-0.4, -0.2) is 0 Å². The van der Waals surface area contributed by atoms with Gasteiger partial charge >= 0.3 is 0 Å². The molecule has 0 heterocycles. The van der Waals surface area contributed by atoms with Crippen molar-refractivity contribution in [3.05, 3.63) is 52.5 Å². The van der Waals surface area contributed by atoms with Crippen molar-refractivity contribution < 1.29 is 0 Å². The highest BCUT2D eigenvalue weighted by molar-refractivity contribution is 9.10. The molecule has 0 unspecified atom stereocenters. The number of benzene rings is 2. The number of hydrogen-bond acceptors (Lipinski definition) is 2. The number of hydrogen-bond donors (Lipinski definition) is 2. The van der Waals surface area contributed by atoms with Gasteiger partial charge in [-0.2, -0.15) is 0 Å². The highest BCUT2D eigenvalue weighted by Gasteiger charge is 2.03. The van der Waals surface area contributed by atoms with E-state index in [-0.39, 0.29) is 0 Å². The lowest BCUT2D eigenvalue weighted by Crippen LogP contribution is -1.98. The number of anilines is 1. The molecule has 0 amide bonds. The van der Waals surface area contributed by atoms with Crippen molar-refractivity contribution in [3.63, 3.8) is 0 Å². The molecule has 0 spiro atoms. The van der Waals surface area contributed by atoms with E-state index in [1.807, 2.05) is 42.5 Å². The highest BCUT2D eigenvalue weighted by atomic mass is 79.9. The third-order valence-electron chi connectivity index (χ3n) is 2.49. The van der Waals surface area contributed by atoms with E-state index in [0.29, 0.717) is 6.54 Å². The van der Waals surface area contributed by atoms with Gasteiger partial charge in [0.2, 0.25) is 0 Å². The minimum atomic E-state index is 0.529. The molecule has 0 fully saturated rings. The molecule has 2 aromatic carbocycles. The summed E-state index contributed by atoms with van der Waals surface area (Å²) < 4.78 is 1.04. The van der Waals surface area contributed by atoms with Crippen LogP contribution in [0.2, 0.25) is 0 Å². The Kier molecular flexibility index (Phi) is 3.27. The van der Waals surface area contributed by atoms with Crippen LogP contribution in [0.15, 0.2) is 46.9 Å². The Labute approximate surface area is 103 Å². The van der Waals surface area contributed by atoms with Crippen LogP contribution in [0.3, 0.4) is 0 Å². The number of nitrogen functional groups attached to an aromatic ring is 1. The summed E-state index contributed by atoms with van der Waals surface area (Å²) in [6.45, 7) is 0.529. The smallest absolute Gasteiger partial charge is 0.0393 e. The summed E-state index contributed by atoms with van der Waals surface area (Å²) in [5.74, 6) is 0. The van der Waals surface area contributed by atoms with Crippen LogP contribution in [0.25, 0.3) is 11.1 Å². The fourth-order valence-electron chi connectivity index (χ4n) is 1.64. The van der Waals surface area contributed by atoms with Crippen molar-refractivity contribution in [2.45, 2.75) is 6.54 Å². The Hall–Kier alpha value is -1.32. The van der Waals surface area contributed by atoms with Crippen molar-refractivity contribution in [1.82, 2.24) is 0 Å². The second-order valence-electron chi connectivity index (χ2n) is 3.64. The first-order chi connectivity index (χ1) is 7.70. The van der Waals surface area contributed by atoms with E-state index in [4.69, 9.17) is 11.5 Å². The highest BCUT2D eigenvalue weighted by Crippen LogP contribution is 2.28. The standard InChI is InChI=1S/C13H13BrN2/c14-11-3-1-2-10(7-11)12-6-9(8-15)4-5-13(12)16/h1-7H,8,15-16H2. The Balaban J connectivity index is 2.54. The van der Waals surface area contributed by atoms with Crippen LogP contribution in [0.1, 0.15) is 5.56 Å². The Morgan fingerprint density at radius 3 is 2.56 bits per heavy atom. The van der Waals surface area contributed by atoms with E-state index < -0.39 is 0 Å². The van der Waals surface area contributed by atoms with Crippen LogP contribution >= 0.6 is 15.9 Å². The second kappa shape index (κ2) is 4.68. The van der Waals surface area contributed by atoms with Crippen LogP contribution in [-0.2, 0) is 6.54 Å². The van der Waals surface area contributed by atoms with E-state index in [1.54, 1.807) is 0 Å². The summed E-state index contributed by atoms with van der Waals surface area (Å²) in [6, 6.07) is 14.0. The van der Waals surface area contributed by atoms with Gasteiger partial charge in [0.05, 0.1) is 0 Å². The zero-order chi connectivity index (χ0) is 11.5. The van der Waals surface area contributed by atoms with Crippen molar-refractivity contribution in [1.29, 1.82) is 0 Å². The maximum Gasteiger partial charge on any atom is 0.0393 e. The fraction of sp³-hybridized carbons (Fsp3) is 0.0769. The molecule has 0 atom stereocenters. The average molecular weight is 277 g/mol. The molecule has 2 nitrogen and oxygen atoms in total. The van der Waals surface area contributed by atoms with Crippen LogP contribution < -0.4 is 11.5 Å². The molecular formula is C13H13BrN2. The molecule has 0 saturated carbocycles. The first-order valence-corrected chi connectivity index (χ1v) is 5.84. The monoisotopic (exact) mass is 276 g/mol. The fourth-order valence-corrected chi connectivity index (χ4v) is 2.04. The summed E-state index contributed by atoms with van der Waals surface area (Å²) in [7, 11) is 0. The minimum Gasteiger partial charge on any atom is -0.398 e. The van der Waals surface area contributed by atoms with Gasteiger partial charge in [0.1, 0.15) is 0 Å². The molecule has 2 aromatic rings. The molecule has 0 radical (unpaired) electrons. The van der Waals surface area contributed by atoms with Gasteiger partial charge in [-0.1, -0.05) is 34.1 Å². The van der Waals surface area contributed by atoms with E-state index >= 15 is 0 Å². The van der Waals surface area contributed by atoms with Gasteiger partial charge in [-0.3, -0.25) is 0 Å². The molecule has 0 aromatic heterocycles. The van der Waals surface area contributed by atoms with E-state index in [2.05, 4.69) is 15.9 Å². The number of nitrogens with two attached hydrogens (primary N) is 2. The molecule has 0 aliphatic rings. The predicted molar refractivity (Wildman–Crippen MR) is 71.9 cm³/mol. The summed E-state index contributed by atoms with van der Waals surface area (Å²) in [4.78, 5) is 0. The maximum atomic E-state index is 5.97. The van der Waals surface area contributed by atoms with Gasteiger partial charge < -0.3 is 11.5 Å². The van der Waals surface area contributed by atoms with Crippen molar-refractivity contribution in [3.8, 4) is 11.1 Å². The summed E-state index contributed by atoms with van der Waals surface area (Å²) in [5, 5.41) is 0. The summed E-state index contributed by atoms with van der Waals surface area (Å²) >= 11 is 3.45. The first-order valence-electron chi connectivity index (χ1n) is 5.05. The molecule has 3 heteroatoms. The molecule has 0 aliphatic carbocycles. The molecule has 0 bridgehead atoms. The third-order valence-corrected chi connectivity index (χ3v) is 2.98. The molecule has 0 aliphatic heterocycles. The Bertz CT molecular complexity index is 509. The molecule has 82 valence electrons. The lowest BCUT2D eigenvalue weighted by molar-refractivity contribution is 1.07. The number of halogens is 1. The normalized spacial score (nSPS) is 10.4. The van der Waals surface area contributed by atoms with Crippen molar-refractivity contribution >= 4 is 21.6 Å². The van der Waals surface area contributed by atoms with Gasteiger partial charge in [-0.05, 0) is 35.4 Å². The summed E-state index contributed by atoms with van der Waals surface area (Å²) in [5.41, 5.74) is 15.6. The van der Waals surface area contributed by atoms with E-state index in [9.17, 15) is 0 Å². The largest absolute Gasteiger partial charge is 0.398 e. The van der Waals surface area contributed by atoms with Crippen molar-refractivity contribution in [2.75, 3.05) is 5.73 Å². The maximum absolute atomic E-state index is 5.97. The van der Waals surface area contributed by atoms with Gasteiger partial charge in [0.25, 0.3) is 0 Å². The lowest BCUT2D eigenvalue weighted by atomic mass is 10.0. The van der Waals surface area contributed by atoms with Gasteiger partial charge in [-0.15, -0.1) is 0 Å². The van der Waals surface area contributed by atoms with Crippen LogP contribution in [0.5, 0.6) is 0 Å². The topological polar surface area (TPSA) is 52.0 Å². The van der Waals surface area contributed by atoms with Gasteiger partial charge in [0, 0.05) is 22.3 Å². The third kappa shape index (κ3) is 2.26. The van der Waals surface area contributed by atoms with Crippen molar-refractivity contribution in [2.24, 2.45) is 5.73 Å². The van der Waals surface area contributed by atoms with Gasteiger partial charge in [-0.25, -0.2) is 0 Å². The SMILES string of the molecule is NCc1ccc(N)c(-c2cccc(Br)c2)c1. The van der Waals surface area contributed by atoms with E-state index in [1.165, 1.54) is 0 Å². The number of rotatable bonds is 2. The molecule has 4 N–H and O–H groups in total. The molecular weight excluding hydrogens is 264 g/mol.